The number of aliphatic hydroxyl groups excluding tert-OH is 2. The Labute approximate surface area is 90.6 Å². The summed E-state index contributed by atoms with van der Waals surface area (Å²) in [5, 5.41) is 15.2. The summed E-state index contributed by atoms with van der Waals surface area (Å²) < 4.78 is 4.83. The fourth-order valence-electron chi connectivity index (χ4n) is 0.204. The van der Waals surface area contributed by atoms with E-state index in [0.29, 0.717) is 11.8 Å². The first-order valence-electron chi connectivity index (χ1n) is 4.16. The molecule has 2 N–H and O–H groups in total. The molecule has 0 aromatic heterocycles. The lowest BCUT2D eigenvalue weighted by Gasteiger charge is -1.86. The van der Waals surface area contributed by atoms with E-state index in [9.17, 15) is 0 Å². The molecule has 0 radical (unpaired) electrons. The van der Waals surface area contributed by atoms with Gasteiger partial charge in [0.25, 0.3) is 0 Å². The lowest BCUT2D eigenvalue weighted by Crippen LogP contribution is -1.85. The number of hydrogen-bond acceptors (Lipinski definition) is 3. The van der Waals surface area contributed by atoms with Crippen LogP contribution < -0.4 is 0 Å². The van der Waals surface area contributed by atoms with Crippen molar-refractivity contribution in [3.63, 3.8) is 0 Å². The molecule has 84 valence electrons. The van der Waals surface area contributed by atoms with Crippen molar-refractivity contribution in [1.29, 1.82) is 0 Å². The van der Waals surface area contributed by atoms with Crippen LogP contribution in [0.4, 0.5) is 0 Å². The van der Waals surface area contributed by atoms with Crippen molar-refractivity contribution in [3.8, 4) is 0 Å². The minimum absolute atomic E-state index is 0.125. The number of hydrogen-bond donors (Lipinski definition) is 2. The molecular weight excluding hydrogens is 215 g/mol. The van der Waals surface area contributed by atoms with Gasteiger partial charge in [-0.3, -0.25) is 0 Å². The second-order valence-corrected chi connectivity index (χ2v) is 2.36. The van der Waals surface area contributed by atoms with Crippen molar-refractivity contribution < 1.29 is 14.9 Å². The van der Waals surface area contributed by atoms with Crippen LogP contribution in [0.5, 0.6) is 0 Å². The molecule has 0 aliphatic carbocycles. The number of rotatable bonds is 4. The maximum atomic E-state index is 7.62. The minimum atomic E-state index is -0.125. The molecule has 0 saturated heterocycles. The molecule has 0 unspecified atom stereocenters. The van der Waals surface area contributed by atoms with E-state index in [1.807, 2.05) is 13.8 Å². The Hall–Kier alpha value is 0.460. The van der Waals surface area contributed by atoms with Gasteiger partial charge in [-0.2, -0.15) is 0 Å². The summed E-state index contributed by atoms with van der Waals surface area (Å²) >= 11 is 10.1. The zero-order valence-corrected chi connectivity index (χ0v) is 9.81. The van der Waals surface area contributed by atoms with Crippen LogP contribution in [-0.2, 0) is 4.74 Å². The average molecular weight is 235 g/mol. The third kappa shape index (κ3) is 68.5. The number of halogens is 2. The fraction of sp³-hybridized carbons (Fsp3) is 1.00. The van der Waals surface area contributed by atoms with Crippen molar-refractivity contribution >= 4 is 23.2 Å². The second kappa shape index (κ2) is 29.4. The summed E-state index contributed by atoms with van der Waals surface area (Å²) in [6.45, 7) is 5.42. The van der Waals surface area contributed by atoms with E-state index >= 15 is 0 Å². The molecule has 0 atom stereocenters. The third-order valence-electron chi connectivity index (χ3n) is 0.580. The van der Waals surface area contributed by atoms with Gasteiger partial charge in [-0.25, -0.2) is 0 Å². The summed E-state index contributed by atoms with van der Waals surface area (Å²) in [5.41, 5.74) is 0. The van der Waals surface area contributed by atoms with Crippen LogP contribution in [0.25, 0.3) is 0 Å². The van der Waals surface area contributed by atoms with Crippen molar-refractivity contribution in [2.45, 2.75) is 13.8 Å². The van der Waals surface area contributed by atoms with Crippen LogP contribution in [0.15, 0.2) is 0 Å². The van der Waals surface area contributed by atoms with E-state index in [4.69, 9.17) is 38.2 Å². The molecule has 3 nitrogen and oxygen atoms in total. The highest BCUT2D eigenvalue weighted by Crippen LogP contribution is 1.75. The molecule has 0 amide bonds. The monoisotopic (exact) mass is 234 g/mol. The molecule has 0 aromatic rings. The zero-order valence-electron chi connectivity index (χ0n) is 8.30. The topological polar surface area (TPSA) is 49.7 Å². The van der Waals surface area contributed by atoms with E-state index < -0.39 is 0 Å². The molecule has 0 aromatic carbocycles. The van der Waals surface area contributed by atoms with Crippen molar-refractivity contribution in [3.05, 3.63) is 0 Å². The van der Waals surface area contributed by atoms with Gasteiger partial charge in [0, 0.05) is 25.0 Å². The minimum Gasteiger partial charge on any atom is -0.394 e. The largest absolute Gasteiger partial charge is 0.394 e. The number of alkyl halides is 2. The van der Waals surface area contributed by atoms with Crippen LogP contribution in [-0.4, -0.2) is 48.4 Å². The van der Waals surface area contributed by atoms with Crippen molar-refractivity contribution in [2.75, 3.05) is 38.2 Å². The molecule has 0 bridgehead atoms. The first-order chi connectivity index (χ1) is 6.24. The van der Waals surface area contributed by atoms with Gasteiger partial charge in [0.2, 0.25) is 0 Å². The maximum absolute atomic E-state index is 7.62. The van der Waals surface area contributed by atoms with Gasteiger partial charge in [0.15, 0.2) is 0 Å². The Morgan fingerprint density at radius 1 is 0.923 bits per heavy atom. The highest BCUT2D eigenvalue weighted by Gasteiger charge is 1.64. The third-order valence-corrected chi connectivity index (χ3v) is 1.15. The number of ether oxygens (including phenoxy) is 1. The molecule has 0 rings (SSSR count). The first-order valence-corrected chi connectivity index (χ1v) is 5.23. The second-order valence-electron chi connectivity index (χ2n) is 1.61. The summed E-state index contributed by atoms with van der Waals surface area (Å²) in [6.07, 6.45) is 0. The quantitative estimate of drug-likeness (QED) is 0.725. The van der Waals surface area contributed by atoms with Gasteiger partial charge < -0.3 is 14.9 Å². The van der Waals surface area contributed by atoms with Gasteiger partial charge in [-0.05, 0) is 13.8 Å². The lowest BCUT2D eigenvalue weighted by molar-refractivity contribution is 0.162. The predicted molar refractivity (Wildman–Crippen MR) is 57.8 cm³/mol. The Bertz CT molecular complexity index is 46.7. The molecule has 0 spiro atoms. The van der Waals surface area contributed by atoms with Gasteiger partial charge >= 0.3 is 0 Å². The summed E-state index contributed by atoms with van der Waals surface area (Å²) in [7, 11) is 0. The van der Waals surface area contributed by atoms with E-state index in [-0.39, 0.29) is 13.2 Å². The first kappa shape index (κ1) is 19.1. The van der Waals surface area contributed by atoms with E-state index in [1.54, 1.807) is 0 Å². The van der Waals surface area contributed by atoms with Gasteiger partial charge in [0.1, 0.15) is 0 Å². The predicted octanol–water partition coefficient (Wildman–Crippen LogP) is 1.48. The van der Waals surface area contributed by atoms with Crippen molar-refractivity contribution in [2.24, 2.45) is 0 Å². The van der Waals surface area contributed by atoms with Crippen LogP contribution in [0, 0.1) is 0 Å². The lowest BCUT2D eigenvalue weighted by atomic mass is 10.8. The van der Waals surface area contributed by atoms with E-state index in [0.717, 1.165) is 13.2 Å². The van der Waals surface area contributed by atoms with E-state index in [2.05, 4.69) is 0 Å². The van der Waals surface area contributed by atoms with Crippen LogP contribution in [0.1, 0.15) is 13.8 Å². The SMILES string of the molecule is CCOCC.ClCCCl.OCCO. The Morgan fingerprint density at radius 3 is 1.23 bits per heavy atom. The molecule has 0 aliphatic rings. The van der Waals surface area contributed by atoms with Crippen LogP contribution in [0.3, 0.4) is 0 Å². The maximum Gasteiger partial charge on any atom is 0.0662 e. The average Bonchev–Trinajstić information content (AvgIpc) is 2.20. The zero-order chi connectivity index (χ0) is 10.9. The summed E-state index contributed by atoms with van der Waals surface area (Å²) in [6, 6.07) is 0. The standard InChI is InChI=1S/C4H10O.C2H4Cl2.C2H6O2/c1-3-5-4-2;2*3-1-2-4/h3-4H2,1-2H3;1-2H2;3-4H,1-2H2. The Kier molecular flexibility index (Phi) is 43.2. The highest BCUT2D eigenvalue weighted by atomic mass is 35.5. The molecule has 5 heteroatoms. The van der Waals surface area contributed by atoms with Crippen molar-refractivity contribution in [1.82, 2.24) is 0 Å². The molecular formula is C8H20Cl2O3. The Balaban J connectivity index is -0.000000117. The molecule has 0 heterocycles. The fourth-order valence-corrected chi connectivity index (χ4v) is 0.204. The Morgan fingerprint density at radius 2 is 1.23 bits per heavy atom. The van der Waals surface area contributed by atoms with Gasteiger partial charge in [-0.15, -0.1) is 23.2 Å². The van der Waals surface area contributed by atoms with E-state index in [1.165, 1.54) is 0 Å². The molecule has 0 aliphatic heterocycles. The van der Waals surface area contributed by atoms with Crippen LogP contribution >= 0.6 is 23.2 Å². The highest BCUT2D eigenvalue weighted by molar-refractivity contribution is 6.25. The summed E-state index contributed by atoms with van der Waals surface area (Å²) in [4.78, 5) is 0. The number of aliphatic hydroxyl groups is 2. The molecule has 0 fully saturated rings. The van der Waals surface area contributed by atoms with Gasteiger partial charge in [-0.1, -0.05) is 0 Å². The molecule has 0 saturated carbocycles. The normalized spacial score (nSPS) is 7.85. The van der Waals surface area contributed by atoms with Gasteiger partial charge in [0.05, 0.1) is 13.2 Å². The smallest absolute Gasteiger partial charge is 0.0662 e. The molecule has 13 heavy (non-hydrogen) atoms. The summed E-state index contributed by atoms with van der Waals surface area (Å²) in [5.74, 6) is 1.11. The van der Waals surface area contributed by atoms with Crippen LogP contribution in [0.2, 0.25) is 0 Å².